The molecule has 0 unspecified atom stereocenters. The van der Waals surface area contributed by atoms with Crippen LogP contribution in [0.5, 0.6) is 17.2 Å². The van der Waals surface area contributed by atoms with Crippen LogP contribution in [0.3, 0.4) is 0 Å². The summed E-state index contributed by atoms with van der Waals surface area (Å²) in [4.78, 5) is 17.1. The molecular formula is C24H25N3O4. The summed E-state index contributed by atoms with van der Waals surface area (Å²) in [5.41, 5.74) is 0.594. The number of imidazole rings is 1. The van der Waals surface area contributed by atoms with E-state index in [1.54, 1.807) is 33.9 Å². The van der Waals surface area contributed by atoms with Crippen LogP contribution in [0, 0.1) is 0 Å². The standard InChI is InChI=1S/C24H25N3O4/c1-29-17-6-5-16-11-21(24(28)26-7-4-9-27-10-8-25-15-27)20-14-23(31-3)22(30-2)13-19(20)18(16)12-17/h5-6,8,10-15H,4,7,9H2,1-3H3,(H,26,28). The third-order valence-corrected chi connectivity index (χ3v) is 5.35. The van der Waals surface area contributed by atoms with Gasteiger partial charge in [0, 0.05) is 31.0 Å². The van der Waals surface area contributed by atoms with Crippen molar-refractivity contribution in [1.82, 2.24) is 14.9 Å². The number of carbonyl (C=O) groups is 1. The van der Waals surface area contributed by atoms with Crippen LogP contribution in [0.2, 0.25) is 0 Å². The Kier molecular flexibility index (Phi) is 5.93. The number of nitrogens with one attached hydrogen (secondary N) is 1. The van der Waals surface area contributed by atoms with Gasteiger partial charge in [-0.05, 0) is 58.3 Å². The smallest absolute Gasteiger partial charge is 0.251 e. The largest absolute Gasteiger partial charge is 0.497 e. The Bertz CT molecular complexity index is 1220. The molecule has 7 nitrogen and oxygen atoms in total. The summed E-state index contributed by atoms with van der Waals surface area (Å²) < 4.78 is 18.4. The van der Waals surface area contributed by atoms with Gasteiger partial charge in [0.15, 0.2) is 11.5 Å². The number of fused-ring (bicyclic) bond motifs is 3. The molecule has 0 saturated carbocycles. The Morgan fingerprint density at radius 1 is 0.968 bits per heavy atom. The molecule has 0 fully saturated rings. The number of nitrogens with zero attached hydrogens (tertiary/aromatic N) is 2. The molecule has 0 saturated heterocycles. The molecule has 0 aliphatic carbocycles. The van der Waals surface area contributed by atoms with E-state index in [2.05, 4.69) is 10.3 Å². The fourth-order valence-corrected chi connectivity index (χ4v) is 3.75. The number of hydrogen-bond acceptors (Lipinski definition) is 5. The molecule has 1 amide bonds. The second-order valence-corrected chi connectivity index (χ2v) is 7.17. The highest BCUT2D eigenvalue weighted by atomic mass is 16.5. The Labute approximate surface area is 180 Å². The van der Waals surface area contributed by atoms with Crippen molar-refractivity contribution in [3.63, 3.8) is 0 Å². The third-order valence-electron chi connectivity index (χ3n) is 5.35. The van der Waals surface area contributed by atoms with Gasteiger partial charge >= 0.3 is 0 Å². The van der Waals surface area contributed by atoms with Gasteiger partial charge in [-0.3, -0.25) is 4.79 Å². The fourth-order valence-electron chi connectivity index (χ4n) is 3.75. The Balaban J connectivity index is 1.72. The van der Waals surface area contributed by atoms with Gasteiger partial charge in [-0.1, -0.05) is 6.07 Å². The van der Waals surface area contributed by atoms with Gasteiger partial charge < -0.3 is 24.1 Å². The van der Waals surface area contributed by atoms with Crippen molar-refractivity contribution in [2.45, 2.75) is 13.0 Å². The predicted molar refractivity (Wildman–Crippen MR) is 120 cm³/mol. The zero-order valence-corrected chi connectivity index (χ0v) is 17.8. The lowest BCUT2D eigenvalue weighted by Crippen LogP contribution is -2.25. The number of aromatic nitrogens is 2. The van der Waals surface area contributed by atoms with Gasteiger partial charge in [0.2, 0.25) is 0 Å². The number of rotatable bonds is 8. The quantitative estimate of drug-likeness (QED) is 0.345. The number of amides is 1. The van der Waals surface area contributed by atoms with Gasteiger partial charge in [-0.25, -0.2) is 4.98 Å². The molecule has 0 bridgehead atoms. The van der Waals surface area contributed by atoms with Crippen LogP contribution in [0.25, 0.3) is 21.5 Å². The lowest BCUT2D eigenvalue weighted by molar-refractivity contribution is 0.0954. The van der Waals surface area contributed by atoms with Crippen LogP contribution in [0.1, 0.15) is 16.8 Å². The first-order valence-corrected chi connectivity index (χ1v) is 10.0. The number of ether oxygens (including phenoxy) is 3. The zero-order chi connectivity index (χ0) is 21.8. The maximum atomic E-state index is 13.1. The Morgan fingerprint density at radius 3 is 2.42 bits per heavy atom. The average molecular weight is 419 g/mol. The molecule has 31 heavy (non-hydrogen) atoms. The maximum absolute atomic E-state index is 13.1. The summed E-state index contributed by atoms with van der Waals surface area (Å²) in [7, 11) is 4.82. The molecule has 7 heteroatoms. The minimum absolute atomic E-state index is 0.124. The van der Waals surface area contributed by atoms with Crippen molar-refractivity contribution in [2.75, 3.05) is 27.9 Å². The highest BCUT2D eigenvalue weighted by molar-refractivity contribution is 6.18. The van der Waals surface area contributed by atoms with Crippen molar-refractivity contribution < 1.29 is 19.0 Å². The molecule has 0 spiro atoms. The second-order valence-electron chi connectivity index (χ2n) is 7.17. The minimum Gasteiger partial charge on any atom is -0.497 e. The normalized spacial score (nSPS) is 10.9. The van der Waals surface area contributed by atoms with E-state index >= 15 is 0 Å². The number of carbonyl (C=O) groups excluding carboxylic acids is 1. The number of methoxy groups -OCH3 is 3. The molecule has 1 N–H and O–H groups in total. The van der Waals surface area contributed by atoms with E-state index in [0.717, 1.165) is 40.3 Å². The van der Waals surface area contributed by atoms with Crippen molar-refractivity contribution in [3.8, 4) is 17.2 Å². The second kappa shape index (κ2) is 8.95. The minimum atomic E-state index is -0.124. The number of aryl methyl sites for hydroxylation is 1. The van der Waals surface area contributed by atoms with E-state index in [-0.39, 0.29) is 5.91 Å². The maximum Gasteiger partial charge on any atom is 0.251 e. The van der Waals surface area contributed by atoms with Crippen LogP contribution < -0.4 is 19.5 Å². The molecule has 1 heterocycles. The predicted octanol–water partition coefficient (Wildman–Crippen LogP) is 4.04. The topological polar surface area (TPSA) is 74.6 Å². The molecule has 1 aromatic heterocycles. The SMILES string of the molecule is COc1ccc2cc(C(=O)NCCCn3ccnc3)c3cc(OC)c(OC)cc3c2c1. The number of hydrogen-bond donors (Lipinski definition) is 1. The summed E-state index contributed by atoms with van der Waals surface area (Å²) in [6.45, 7) is 1.36. The molecule has 0 aliphatic heterocycles. The molecule has 0 aliphatic rings. The van der Waals surface area contributed by atoms with Crippen molar-refractivity contribution in [2.24, 2.45) is 0 Å². The summed E-state index contributed by atoms with van der Waals surface area (Å²) >= 11 is 0. The van der Waals surface area contributed by atoms with E-state index in [0.29, 0.717) is 23.6 Å². The lowest BCUT2D eigenvalue weighted by Gasteiger charge is -2.15. The van der Waals surface area contributed by atoms with Crippen LogP contribution in [-0.4, -0.2) is 43.3 Å². The first kappa shape index (κ1) is 20.5. The molecule has 3 aromatic carbocycles. The average Bonchev–Trinajstić information content (AvgIpc) is 3.33. The van der Waals surface area contributed by atoms with E-state index in [1.807, 2.05) is 47.2 Å². The molecule has 4 rings (SSSR count). The van der Waals surface area contributed by atoms with Crippen LogP contribution in [0.15, 0.2) is 55.1 Å². The van der Waals surface area contributed by atoms with Crippen molar-refractivity contribution >= 4 is 27.5 Å². The first-order chi connectivity index (χ1) is 15.1. The van der Waals surface area contributed by atoms with Crippen molar-refractivity contribution in [1.29, 1.82) is 0 Å². The van der Waals surface area contributed by atoms with Crippen molar-refractivity contribution in [3.05, 3.63) is 60.7 Å². The molecular weight excluding hydrogens is 394 g/mol. The zero-order valence-electron chi connectivity index (χ0n) is 17.8. The van der Waals surface area contributed by atoms with Gasteiger partial charge in [0.25, 0.3) is 5.91 Å². The molecule has 4 aromatic rings. The van der Waals surface area contributed by atoms with Gasteiger partial charge in [0.05, 0.1) is 27.7 Å². The Morgan fingerprint density at radius 2 is 1.74 bits per heavy atom. The van der Waals surface area contributed by atoms with E-state index < -0.39 is 0 Å². The molecule has 160 valence electrons. The summed E-state index contributed by atoms with van der Waals surface area (Å²) in [6, 6.07) is 11.5. The monoisotopic (exact) mass is 419 g/mol. The highest BCUT2D eigenvalue weighted by Gasteiger charge is 2.17. The summed E-state index contributed by atoms with van der Waals surface area (Å²) in [5.74, 6) is 1.81. The van der Waals surface area contributed by atoms with Gasteiger partial charge in [0.1, 0.15) is 5.75 Å². The van der Waals surface area contributed by atoms with Crippen LogP contribution in [-0.2, 0) is 6.54 Å². The van der Waals surface area contributed by atoms with E-state index in [1.165, 1.54) is 0 Å². The summed E-state index contributed by atoms with van der Waals surface area (Å²) in [5, 5.41) is 6.66. The lowest BCUT2D eigenvalue weighted by atomic mass is 9.96. The highest BCUT2D eigenvalue weighted by Crippen LogP contribution is 2.38. The van der Waals surface area contributed by atoms with Crippen LogP contribution >= 0.6 is 0 Å². The van der Waals surface area contributed by atoms with Crippen LogP contribution in [0.4, 0.5) is 0 Å². The van der Waals surface area contributed by atoms with Gasteiger partial charge in [-0.2, -0.15) is 0 Å². The fraction of sp³-hybridized carbons (Fsp3) is 0.250. The number of benzene rings is 3. The molecule has 0 atom stereocenters. The van der Waals surface area contributed by atoms with Gasteiger partial charge in [-0.15, -0.1) is 0 Å². The third kappa shape index (κ3) is 4.12. The molecule has 0 radical (unpaired) electrons. The summed E-state index contributed by atoms with van der Waals surface area (Å²) in [6.07, 6.45) is 6.23. The van der Waals surface area contributed by atoms with E-state index in [4.69, 9.17) is 14.2 Å². The Hall–Kier alpha value is -3.74. The first-order valence-electron chi connectivity index (χ1n) is 10.0. The van der Waals surface area contributed by atoms with E-state index in [9.17, 15) is 4.79 Å².